The average molecular weight is 206 g/mol. The SMILES string of the molecule is CC(=O)/C=C/C=C(\C)C(C)CC=C(C)C. The lowest BCUT2D eigenvalue weighted by Crippen LogP contribution is -1.94. The lowest BCUT2D eigenvalue weighted by atomic mass is 9.97. The third-order valence-corrected chi connectivity index (χ3v) is 2.35. The number of carbonyl (C=O) groups excluding carboxylic acids is 1. The zero-order valence-corrected chi connectivity index (χ0v) is 10.5. The highest BCUT2D eigenvalue weighted by molar-refractivity contribution is 5.87. The van der Waals surface area contributed by atoms with Crippen LogP contribution in [0.1, 0.15) is 41.0 Å². The van der Waals surface area contributed by atoms with Gasteiger partial charge in [-0.3, -0.25) is 4.79 Å². The molecular weight excluding hydrogens is 184 g/mol. The highest BCUT2D eigenvalue weighted by Gasteiger charge is 2.00. The van der Waals surface area contributed by atoms with E-state index < -0.39 is 0 Å². The molecule has 1 unspecified atom stereocenters. The van der Waals surface area contributed by atoms with Gasteiger partial charge in [-0.05, 0) is 46.1 Å². The third kappa shape index (κ3) is 7.92. The molecule has 0 spiro atoms. The van der Waals surface area contributed by atoms with Gasteiger partial charge in [0.25, 0.3) is 0 Å². The van der Waals surface area contributed by atoms with Gasteiger partial charge in [-0.1, -0.05) is 36.3 Å². The summed E-state index contributed by atoms with van der Waals surface area (Å²) in [6.45, 7) is 10.1. The summed E-state index contributed by atoms with van der Waals surface area (Å²) in [5, 5.41) is 0. The van der Waals surface area contributed by atoms with E-state index in [0.717, 1.165) is 6.42 Å². The Kier molecular flexibility index (Phi) is 6.68. The number of hydrogen-bond donors (Lipinski definition) is 0. The summed E-state index contributed by atoms with van der Waals surface area (Å²) in [4.78, 5) is 10.7. The molecule has 0 aromatic heterocycles. The van der Waals surface area contributed by atoms with Crippen LogP contribution >= 0.6 is 0 Å². The van der Waals surface area contributed by atoms with Crippen molar-refractivity contribution in [2.24, 2.45) is 5.92 Å². The zero-order chi connectivity index (χ0) is 11.8. The molecule has 84 valence electrons. The van der Waals surface area contributed by atoms with E-state index in [0.29, 0.717) is 5.92 Å². The van der Waals surface area contributed by atoms with Crippen molar-refractivity contribution in [3.05, 3.63) is 35.5 Å². The minimum atomic E-state index is 0.0935. The Labute approximate surface area is 93.6 Å². The van der Waals surface area contributed by atoms with E-state index >= 15 is 0 Å². The molecule has 1 nitrogen and oxygen atoms in total. The number of hydrogen-bond acceptors (Lipinski definition) is 1. The predicted octanol–water partition coefficient (Wildman–Crippen LogP) is 4.07. The Bertz CT molecular complexity index is 288. The first-order valence-corrected chi connectivity index (χ1v) is 5.42. The van der Waals surface area contributed by atoms with Crippen LogP contribution in [0, 0.1) is 5.92 Å². The quantitative estimate of drug-likeness (QED) is 0.376. The first-order valence-electron chi connectivity index (χ1n) is 5.42. The molecular formula is C14H22O. The van der Waals surface area contributed by atoms with Gasteiger partial charge in [0, 0.05) is 0 Å². The molecule has 1 atom stereocenters. The van der Waals surface area contributed by atoms with Crippen molar-refractivity contribution in [1.29, 1.82) is 0 Å². The van der Waals surface area contributed by atoms with Crippen LogP contribution in [-0.4, -0.2) is 5.78 Å². The Morgan fingerprint density at radius 2 is 1.80 bits per heavy atom. The maximum Gasteiger partial charge on any atom is 0.152 e. The van der Waals surface area contributed by atoms with E-state index in [4.69, 9.17) is 0 Å². The molecule has 0 aromatic carbocycles. The second-order valence-corrected chi connectivity index (χ2v) is 4.30. The lowest BCUT2D eigenvalue weighted by Gasteiger charge is -2.08. The van der Waals surface area contributed by atoms with E-state index in [1.165, 1.54) is 11.1 Å². The monoisotopic (exact) mass is 206 g/mol. The average Bonchev–Trinajstić information content (AvgIpc) is 2.13. The maximum absolute atomic E-state index is 10.7. The molecule has 0 rings (SSSR count). The van der Waals surface area contributed by atoms with Gasteiger partial charge < -0.3 is 0 Å². The number of carbonyl (C=O) groups is 1. The predicted molar refractivity (Wildman–Crippen MR) is 66.8 cm³/mol. The summed E-state index contributed by atoms with van der Waals surface area (Å²) in [7, 11) is 0. The van der Waals surface area contributed by atoms with Crippen molar-refractivity contribution < 1.29 is 4.79 Å². The van der Waals surface area contributed by atoms with Crippen molar-refractivity contribution in [2.45, 2.75) is 41.0 Å². The van der Waals surface area contributed by atoms with Gasteiger partial charge in [0.05, 0.1) is 0 Å². The van der Waals surface area contributed by atoms with Gasteiger partial charge in [-0.2, -0.15) is 0 Å². The highest BCUT2D eigenvalue weighted by atomic mass is 16.1. The van der Waals surface area contributed by atoms with Crippen LogP contribution in [0.2, 0.25) is 0 Å². The van der Waals surface area contributed by atoms with E-state index in [-0.39, 0.29) is 5.78 Å². The lowest BCUT2D eigenvalue weighted by molar-refractivity contribution is -0.112. The Morgan fingerprint density at radius 3 is 2.27 bits per heavy atom. The van der Waals surface area contributed by atoms with Crippen LogP contribution in [0.25, 0.3) is 0 Å². The van der Waals surface area contributed by atoms with Crippen molar-refractivity contribution in [3.63, 3.8) is 0 Å². The minimum Gasteiger partial charge on any atom is -0.295 e. The first-order chi connectivity index (χ1) is 6.93. The fourth-order valence-electron chi connectivity index (χ4n) is 1.10. The molecule has 0 amide bonds. The normalized spacial score (nSPS) is 14.1. The minimum absolute atomic E-state index is 0.0935. The first kappa shape index (κ1) is 13.9. The summed E-state index contributed by atoms with van der Waals surface area (Å²) in [5.41, 5.74) is 2.67. The van der Waals surface area contributed by atoms with Crippen LogP contribution < -0.4 is 0 Å². The zero-order valence-electron chi connectivity index (χ0n) is 10.5. The van der Waals surface area contributed by atoms with Crippen LogP contribution in [0.3, 0.4) is 0 Å². The van der Waals surface area contributed by atoms with Crippen LogP contribution in [0.4, 0.5) is 0 Å². The van der Waals surface area contributed by atoms with Gasteiger partial charge in [0.15, 0.2) is 5.78 Å². The van der Waals surface area contributed by atoms with Gasteiger partial charge in [-0.15, -0.1) is 0 Å². The van der Waals surface area contributed by atoms with Gasteiger partial charge in [-0.25, -0.2) is 0 Å². The summed E-state index contributed by atoms with van der Waals surface area (Å²) in [6.07, 6.45) is 8.76. The summed E-state index contributed by atoms with van der Waals surface area (Å²) in [6, 6.07) is 0. The number of ketones is 1. The van der Waals surface area contributed by atoms with E-state index in [9.17, 15) is 4.79 Å². The standard InChI is InChI=1S/C14H22O/c1-11(2)9-10-13(4)12(3)7-6-8-14(5)15/h6-9,13H,10H2,1-5H3/b8-6+,12-7+. The highest BCUT2D eigenvalue weighted by Crippen LogP contribution is 2.15. The summed E-state index contributed by atoms with van der Waals surface area (Å²) >= 11 is 0. The Balaban J connectivity index is 4.25. The molecule has 0 saturated heterocycles. The molecule has 0 aliphatic heterocycles. The molecule has 0 fully saturated rings. The third-order valence-electron chi connectivity index (χ3n) is 2.35. The van der Waals surface area contributed by atoms with Crippen molar-refractivity contribution in [3.8, 4) is 0 Å². The number of allylic oxidation sites excluding steroid dienone is 6. The fraction of sp³-hybridized carbons (Fsp3) is 0.500. The van der Waals surface area contributed by atoms with E-state index in [1.807, 2.05) is 12.2 Å². The molecule has 0 aliphatic carbocycles. The topological polar surface area (TPSA) is 17.1 Å². The van der Waals surface area contributed by atoms with Gasteiger partial charge in [0.2, 0.25) is 0 Å². The second-order valence-electron chi connectivity index (χ2n) is 4.30. The largest absolute Gasteiger partial charge is 0.295 e. The second kappa shape index (κ2) is 7.22. The maximum atomic E-state index is 10.7. The smallest absolute Gasteiger partial charge is 0.152 e. The van der Waals surface area contributed by atoms with Crippen LogP contribution in [0.15, 0.2) is 35.5 Å². The molecule has 0 radical (unpaired) electrons. The molecule has 0 heterocycles. The Morgan fingerprint density at radius 1 is 1.20 bits per heavy atom. The van der Waals surface area contributed by atoms with Crippen LogP contribution in [-0.2, 0) is 4.79 Å². The molecule has 0 aliphatic rings. The fourth-order valence-corrected chi connectivity index (χ4v) is 1.10. The van der Waals surface area contributed by atoms with Gasteiger partial charge in [0.1, 0.15) is 0 Å². The van der Waals surface area contributed by atoms with Crippen molar-refractivity contribution in [2.75, 3.05) is 0 Å². The molecule has 0 saturated carbocycles. The van der Waals surface area contributed by atoms with Crippen LogP contribution in [0.5, 0.6) is 0 Å². The van der Waals surface area contributed by atoms with E-state index in [2.05, 4.69) is 33.8 Å². The molecule has 0 bridgehead atoms. The van der Waals surface area contributed by atoms with E-state index in [1.54, 1.807) is 13.0 Å². The molecule has 1 heteroatoms. The van der Waals surface area contributed by atoms with Gasteiger partial charge >= 0.3 is 0 Å². The number of rotatable bonds is 5. The summed E-state index contributed by atoms with van der Waals surface area (Å²) in [5.74, 6) is 0.632. The van der Waals surface area contributed by atoms with Crippen molar-refractivity contribution >= 4 is 5.78 Å². The van der Waals surface area contributed by atoms with Crippen molar-refractivity contribution in [1.82, 2.24) is 0 Å². The Hall–Kier alpha value is -1.11. The summed E-state index contributed by atoms with van der Waals surface area (Å²) < 4.78 is 0. The molecule has 0 aromatic rings. The molecule has 0 N–H and O–H groups in total. The molecule has 15 heavy (non-hydrogen) atoms.